The van der Waals surface area contributed by atoms with E-state index in [0.29, 0.717) is 0 Å². The number of benzene rings is 1. The first-order valence-electron chi connectivity index (χ1n) is 5.82. The molecule has 0 radical (unpaired) electrons. The summed E-state index contributed by atoms with van der Waals surface area (Å²) < 4.78 is 2.00. The van der Waals surface area contributed by atoms with E-state index < -0.39 is 0 Å². The molecule has 0 spiro atoms. The maximum absolute atomic E-state index is 4.69. The predicted octanol–water partition coefficient (Wildman–Crippen LogP) is 1.86. The first kappa shape index (κ1) is 10.4. The number of aromatic nitrogens is 2. The summed E-state index contributed by atoms with van der Waals surface area (Å²) in [5.41, 5.74) is 3.61. The van der Waals surface area contributed by atoms with Gasteiger partial charge in [-0.1, -0.05) is 18.2 Å². The molecule has 0 bridgehead atoms. The third kappa shape index (κ3) is 1.61. The Morgan fingerprint density at radius 1 is 1.18 bits per heavy atom. The van der Waals surface area contributed by atoms with Crippen LogP contribution in [0, 0.1) is 0 Å². The van der Waals surface area contributed by atoms with Crippen molar-refractivity contribution >= 4 is 5.82 Å². The van der Waals surface area contributed by atoms with E-state index in [-0.39, 0.29) is 0 Å². The van der Waals surface area contributed by atoms with E-state index >= 15 is 0 Å². The molecule has 4 heteroatoms. The highest BCUT2D eigenvalue weighted by atomic mass is 15.4. The highest BCUT2D eigenvalue weighted by molar-refractivity contribution is 5.54. The second-order valence-corrected chi connectivity index (χ2v) is 4.44. The lowest BCUT2D eigenvalue weighted by Crippen LogP contribution is -2.12. The molecule has 3 rings (SSSR count). The highest BCUT2D eigenvalue weighted by Gasteiger charge is 2.25. The third-order valence-electron chi connectivity index (χ3n) is 3.15. The fourth-order valence-corrected chi connectivity index (χ4v) is 2.38. The van der Waals surface area contributed by atoms with Crippen LogP contribution in [0.3, 0.4) is 0 Å². The number of fused-ring (bicyclic) bond motifs is 1. The SMILES string of the molecule is CNc1c2c(nn1-c1ccccc1)CN(C)C2. The molecular weight excluding hydrogens is 212 g/mol. The Labute approximate surface area is 101 Å². The smallest absolute Gasteiger partial charge is 0.134 e. The maximum Gasteiger partial charge on any atom is 0.134 e. The molecule has 0 saturated heterocycles. The van der Waals surface area contributed by atoms with Crippen LogP contribution < -0.4 is 5.32 Å². The first-order chi connectivity index (χ1) is 8.29. The van der Waals surface area contributed by atoms with Crippen molar-refractivity contribution in [2.24, 2.45) is 0 Å². The van der Waals surface area contributed by atoms with Gasteiger partial charge in [0.2, 0.25) is 0 Å². The molecule has 2 aromatic rings. The maximum atomic E-state index is 4.69. The Bertz CT molecular complexity index is 530. The lowest BCUT2D eigenvalue weighted by molar-refractivity contribution is 0.348. The van der Waals surface area contributed by atoms with E-state index in [4.69, 9.17) is 5.10 Å². The van der Waals surface area contributed by atoms with Crippen LogP contribution in [0.4, 0.5) is 5.82 Å². The average Bonchev–Trinajstić information content (AvgIpc) is 2.85. The number of hydrogen-bond acceptors (Lipinski definition) is 3. The fraction of sp³-hybridized carbons (Fsp3) is 0.308. The zero-order chi connectivity index (χ0) is 11.8. The molecule has 1 aliphatic heterocycles. The summed E-state index contributed by atoms with van der Waals surface area (Å²) in [6.07, 6.45) is 0. The molecule has 88 valence electrons. The molecule has 1 aromatic heterocycles. The molecule has 1 aromatic carbocycles. The van der Waals surface area contributed by atoms with E-state index in [1.54, 1.807) is 0 Å². The minimum atomic E-state index is 0.934. The summed E-state index contributed by atoms with van der Waals surface area (Å²) in [4.78, 5) is 2.27. The van der Waals surface area contributed by atoms with Crippen LogP contribution in [0.25, 0.3) is 5.69 Å². The van der Waals surface area contributed by atoms with Gasteiger partial charge in [0, 0.05) is 25.7 Å². The largest absolute Gasteiger partial charge is 0.373 e. The minimum absolute atomic E-state index is 0.934. The van der Waals surface area contributed by atoms with Crippen molar-refractivity contribution in [3.8, 4) is 5.69 Å². The lowest BCUT2D eigenvalue weighted by Gasteiger charge is -2.11. The van der Waals surface area contributed by atoms with Gasteiger partial charge < -0.3 is 5.32 Å². The molecular formula is C13H16N4. The molecule has 17 heavy (non-hydrogen) atoms. The van der Waals surface area contributed by atoms with Crippen LogP contribution in [-0.4, -0.2) is 28.8 Å². The van der Waals surface area contributed by atoms with Crippen molar-refractivity contribution in [2.75, 3.05) is 19.4 Å². The molecule has 0 fully saturated rings. The Morgan fingerprint density at radius 3 is 2.65 bits per heavy atom. The van der Waals surface area contributed by atoms with Gasteiger partial charge in [0.25, 0.3) is 0 Å². The third-order valence-corrected chi connectivity index (χ3v) is 3.15. The molecule has 0 saturated carbocycles. The van der Waals surface area contributed by atoms with Gasteiger partial charge in [0.05, 0.1) is 11.4 Å². The van der Waals surface area contributed by atoms with E-state index in [1.165, 1.54) is 11.3 Å². The van der Waals surface area contributed by atoms with Crippen LogP contribution in [0.2, 0.25) is 0 Å². The van der Waals surface area contributed by atoms with Gasteiger partial charge in [-0.05, 0) is 19.2 Å². The summed E-state index contributed by atoms with van der Waals surface area (Å²) in [5, 5.41) is 7.96. The van der Waals surface area contributed by atoms with Gasteiger partial charge in [-0.25, -0.2) is 4.68 Å². The monoisotopic (exact) mass is 228 g/mol. The molecule has 1 aliphatic rings. The van der Waals surface area contributed by atoms with Crippen LogP contribution in [-0.2, 0) is 13.1 Å². The molecule has 1 N–H and O–H groups in total. The number of para-hydroxylation sites is 1. The van der Waals surface area contributed by atoms with E-state index in [9.17, 15) is 0 Å². The van der Waals surface area contributed by atoms with Crippen molar-refractivity contribution in [3.63, 3.8) is 0 Å². The summed E-state index contributed by atoms with van der Waals surface area (Å²) in [7, 11) is 4.07. The topological polar surface area (TPSA) is 33.1 Å². The number of anilines is 1. The van der Waals surface area contributed by atoms with Crippen LogP contribution >= 0.6 is 0 Å². The molecule has 0 amide bonds. The summed E-state index contributed by atoms with van der Waals surface area (Å²) in [5.74, 6) is 1.11. The van der Waals surface area contributed by atoms with Gasteiger partial charge in [-0.15, -0.1) is 0 Å². The molecule has 0 unspecified atom stereocenters. The van der Waals surface area contributed by atoms with E-state index in [1.807, 2.05) is 29.9 Å². The Kier molecular flexibility index (Phi) is 2.37. The van der Waals surface area contributed by atoms with Gasteiger partial charge in [-0.2, -0.15) is 5.10 Å². The second-order valence-electron chi connectivity index (χ2n) is 4.44. The number of hydrogen-bond donors (Lipinski definition) is 1. The average molecular weight is 228 g/mol. The minimum Gasteiger partial charge on any atom is -0.373 e. The Hall–Kier alpha value is -1.81. The first-order valence-corrected chi connectivity index (χ1v) is 5.82. The predicted molar refractivity (Wildman–Crippen MR) is 68.3 cm³/mol. The van der Waals surface area contributed by atoms with Crippen molar-refractivity contribution < 1.29 is 0 Å². The zero-order valence-electron chi connectivity index (χ0n) is 10.1. The Balaban J connectivity index is 2.11. The summed E-state index contributed by atoms with van der Waals surface area (Å²) >= 11 is 0. The van der Waals surface area contributed by atoms with Crippen LogP contribution in [0.5, 0.6) is 0 Å². The zero-order valence-corrected chi connectivity index (χ0v) is 10.1. The van der Waals surface area contributed by atoms with Crippen LogP contribution in [0.15, 0.2) is 30.3 Å². The van der Waals surface area contributed by atoms with Crippen molar-refractivity contribution in [3.05, 3.63) is 41.6 Å². The van der Waals surface area contributed by atoms with Gasteiger partial charge >= 0.3 is 0 Å². The van der Waals surface area contributed by atoms with E-state index in [2.05, 4.69) is 29.4 Å². The highest BCUT2D eigenvalue weighted by Crippen LogP contribution is 2.29. The standard InChI is InChI=1S/C13H16N4/c1-14-13-11-8-16(2)9-12(11)15-17(13)10-6-4-3-5-7-10/h3-7,14H,8-9H2,1-2H3. The van der Waals surface area contributed by atoms with Gasteiger partial charge in [0.15, 0.2) is 0 Å². The molecule has 0 atom stereocenters. The van der Waals surface area contributed by atoms with Crippen molar-refractivity contribution in [1.29, 1.82) is 0 Å². The lowest BCUT2D eigenvalue weighted by atomic mass is 10.2. The number of rotatable bonds is 2. The molecule has 4 nitrogen and oxygen atoms in total. The normalized spacial score (nSPS) is 14.9. The van der Waals surface area contributed by atoms with Crippen molar-refractivity contribution in [1.82, 2.24) is 14.7 Å². The Morgan fingerprint density at radius 2 is 1.94 bits per heavy atom. The second kappa shape index (κ2) is 3.89. The summed E-state index contributed by atoms with van der Waals surface area (Å²) in [6.45, 7) is 1.90. The molecule has 2 heterocycles. The molecule has 0 aliphatic carbocycles. The quantitative estimate of drug-likeness (QED) is 0.851. The van der Waals surface area contributed by atoms with Crippen molar-refractivity contribution in [2.45, 2.75) is 13.1 Å². The number of nitrogens with one attached hydrogen (secondary N) is 1. The van der Waals surface area contributed by atoms with Crippen LogP contribution in [0.1, 0.15) is 11.3 Å². The summed E-state index contributed by atoms with van der Waals surface area (Å²) in [6, 6.07) is 10.2. The van der Waals surface area contributed by atoms with E-state index in [0.717, 1.165) is 24.6 Å². The number of nitrogens with zero attached hydrogens (tertiary/aromatic N) is 3. The van der Waals surface area contributed by atoms with Gasteiger partial charge in [-0.3, -0.25) is 4.90 Å². The fourth-order valence-electron chi connectivity index (χ4n) is 2.38. The van der Waals surface area contributed by atoms with Gasteiger partial charge in [0.1, 0.15) is 5.82 Å².